The normalized spacial score (nSPS) is 25.1. The molecular weight excluding hydrogens is 226 g/mol. The number of hydrogen-bond donors (Lipinski definition) is 1. The maximum absolute atomic E-state index is 11.7. The average molecular weight is 245 g/mol. The molecule has 0 aromatic rings. The number of hydrogen-bond acceptors (Lipinski definition) is 3. The Bertz CT molecular complexity index is 293. The van der Waals surface area contributed by atoms with Gasteiger partial charge in [-0.25, -0.2) is 0 Å². The number of carboxylic acid groups (broad SMARTS) is 1. The Kier molecular flexibility index (Phi) is 4.24. The number of nitrogens with zero attached hydrogens (tertiary/aromatic N) is 1. The van der Waals surface area contributed by atoms with E-state index in [2.05, 4.69) is 0 Å². The van der Waals surface area contributed by atoms with Gasteiger partial charge in [-0.1, -0.05) is 13.8 Å². The SMILES string of the molecule is CSCC(=O)N1CCC(C(=O)O)(C(C)C)C1. The molecule has 1 amide bonds. The summed E-state index contributed by atoms with van der Waals surface area (Å²) >= 11 is 1.47. The zero-order chi connectivity index (χ0) is 12.3. The van der Waals surface area contributed by atoms with E-state index in [0.717, 1.165) is 0 Å². The van der Waals surface area contributed by atoms with Gasteiger partial charge in [0.25, 0.3) is 0 Å². The second-order valence-corrected chi connectivity index (χ2v) is 5.48. The summed E-state index contributed by atoms with van der Waals surface area (Å²) in [5, 5.41) is 9.32. The van der Waals surface area contributed by atoms with Crippen LogP contribution >= 0.6 is 11.8 Å². The molecule has 1 heterocycles. The van der Waals surface area contributed by atoms with Gasteiger partial charge in [0, 0.05) is 13.1 Å². The number of rotatable bonds is 4. The molecule has 1 fully saturated rings. The quantitative estimate of drug-likeness (QED) is 0.811. The fourth-order valence-electron chi connectivity index (χ4n) is 2.15. The fraction of sp³-hybridized carbons (Fsp3) is 0.818. The second-order valence-electron chi connectivity index (χ2n) is 4.61. The highest BCUT2D eigenvalue weighted by molar-refractivity contribution is 7.99. The first-order valence-corrected chi connectivity index (χ1v) is 6.83. The van der Waals surface area contributed by atoms with Crippen LogP contribution in [0.3, 0.4) is 0 Å². The van der Waals surface area contributed by atoms with E-state index in [9.17, 15) is 14.7 Å². The summed E-state index contributed by atoms with van der Waals surface area (Å²) in [6, 6.07) is 0. The molecule has 0 aromatic heterocycles. The minimum absolute atomic E-state index is 0.0521. The predicted octanol–water partition coefficient (Wildman–Crippen LogP) is 1.31. The molecule has 0 radical (unpaired) electrons. The first kappa shape index (κ1) is 13.4. The van der Waals surface area contributed by atoms with Crippen LogP contribution in [0, 0.1) is 11.3 Å². The van der Waals surface area contributed by atoms with Gasteiger partial charge < -0.3 is 10.0 Å². The standard InChI is InChI=1S/C11H19NO3S/c1-8(2)11(10(14)15)4-5-12(7-11)9(13)6-16-3/h8H,4-7H2,1-3H3,(H,14,15). The van der Waals surface area contributed by atoms with Crippen molar-refractivity contribution in [2.24, 2.45) is 11.3 Å². The Hall–Kier alpha value is -0.710. The second kappa shape index (κ2) is 5.08. The number of amides is 1. The van der Waals surface area contributed by atoms with E-state index in [-0.39, 0.29) is 11.8 Å². The minimum Gasteiger partial charge on any atom is -0.481 e. The average Bonchev–Trinajstić information content (AvgIpc) is 2.63. The van der Waals surface area contributed by atoms with Gasteiger partial charge in [0.05, 0.1) is 11.2 Å². The summed E-state index contributed by atoms with van der Waals surface area (Å²) in [4.78, 5) is 24.7. The van der Waals surface area contributed by atoms with Crippen LogP contribution in [0.5, 0.6) is 0 Å². The van der Waals surface area contributed by atoms with Gasteiger partial charge >= 0.3 is 5.97 Å². The highest BCUT2D eigenvalue weighted by atomic mass is 32.2. The maximum Gasteiger partial charge on any atom is 0.311 e. The molecule has 4 nitrogen and oxygen atoms in total. The number of carbonyl (C=O) groups excluding carboxylic acids is 1. The summed E-state index contributed by atoms with van der Waals surface area (Å²) in [7, 11) is 0. The molecule has 0 aromatic carbocycles. The summed E-state index contributed by atoms with van der Waals surface area (Å²) in [5.41, 5.74) is -0.742. The van der Waals surface area contributed by atoms with Crippen molar-refractivity contribution in [2.45, 2.75) is 20.3 Å². The van der Waals surface area contributed by atoms with E-state index in [0.29, 0.717) is 25.3 Å². The lowest BCUT2D eigenvalue weighted by molar-refractivity contribution is -0.151. The molecule has 92 valence electrons. The number of likely N-dealkylation sites (tertiary alicyclic amines) is 1. The van der Waals surface area contributed by atoms with Crippen LogP contribution in [0.1, 0.15) is 20.3 Å². The molecule has 1 N–H and O–H groups in total. The van der Waals surface area contributed by atoms with Gasteiger partial charge in [-0.3, -0.25) is 9.59 Å². The summed E-state index contributed by atoms with van der Waals surface area (Å²) < 4.78 is 0. The van der Waals surface area contributed by atoms with Crippen molar-refractivity contribution >= 4 is 23.6 Å². The smallest absolute Gasteiger partial charge is 0.311 e. The van der Waals surface area contributed by atoms with Crippen molar-refractivity contribution in [1.29, 1.82) is 0 Å². The first-order valence-electron chi connectivity index (χ1n) is 5.44. The minimum atomic E-state index is -0.776. The van der Waals surface area contributed by atoms with Crippen LogP contribution in [-0.4, -0.2) is 47.0 Å². The molecule has 1 atom stereocenters. The molecule has 1 rings (SSSR count). The summed E-state index contributed by atoms with van der Waals surface area (Å²) in [5.74, 6) is -0.233. The van der Waals surface area contributed by atoms with Crippen LogP contribution in [0.15, 0.2) is 0 Å². The van der Waals surface area contributed by atoms with Gasteiger partial charge in [-0.05, 0) is 18.6 Å². The highest BCUT2D eigenvalue weighted by Crippen LogP contribution is 2.38. The van der Waals surface area contributed by atoms with Crippen molar-refractivity contribution in [1.82, 2.24) is 4.90 Å². The Labute approximate surface area is 100 Å². The zero-order valence-electron chi connectivity index (χ0n) is 10.0. The van der Waals surface area contributed by atoms with Crippen molar-refractivity contribution < 1.29 is 14.7 Å². The van der Waals surface area contributed by atoms with E-state index in [1.54, 1.807) is 4.90 Å². The lowest BCUT2D eigenvalue weighted by Crippen LogP contribution is -2.41. The zero-order valence-corrected chi connectivity index (χ0v) is 10.8. The van der Waals surface area contributed by atoms with E-state index < -0.39 is 11.4 Å². The van der Waals surface area contributed by atoms with Crippen LogP contribution in [0.25, 0.3) is 0 Å². The number of aliphatic carboxylic acids is 1. The van der Waals surface area contributed by atoms with Gasteiger partial charge in [0.2, 0.25) is 5.91 Å². The molecule has 5 heteroatoms. The third-order valence-electron chi connectivity index (χ3n) is 3.45. The third kappa shape index (κ3) is 2.34. The molecule has 1 unspecified atom stereocenters. The monoisotopic (exact) mass is 245 g/mol. The van der Waals surface area contributed by atoms with Gasteiger partial charge in [0.15, 0.2) is 0 Å². The topological polar surface area (TPSA) is 57.6 Å². The van der Waals surface area contributed by atoms with Crippen molar-refractivity contribution in [3.8, 4) is 0 Å². The van der Waals surface area contributed by atoms with Crippen LogP contribution in [0.2, 0.25) is 0 Å². The molecule has 1 saturated heterocycles. The molecular formula is C11H19NO3S. The number of carboxylic acids is 1. The van der Waals surface area contributed by atoms with E-state index in [1.807, 2.05) is 20.1 Å². The predicted molar refractivity (Wildman–Crippen MR) is 64.5 cm³/mol. The Balaban J connectivity index is 2.75. The number of thioether (sulfide) groups is 1. The summed E-state index contributed by atoms with van der Waals surface area (Å²) in [6.45, 7) is 4.76. The molecule has 16 heavy (non-hydrogen) atoms. The maximum atomic E-state index is 11.7. The lowest BCUT2D eigenvalue weighted by Gasteiger charge is -2.28. The third-order valence-corrected chi connectivity index (χ3v) is 3.99. The number of carbonyl (C=O) groups is 2. The van der Waals surface area contributed by atoms with Gasteiger partial charge in [0.1, 0.15) is 0 Å². The molecule has 0 saturated carbocycles. The van der Waals surface area contributed by atoms with Crippen LogP contribution < -0.4 is 0 Å². The largest absolute Gasteiger partial charge is 0.481 e. The van der Waals surface area contributed by atoms with Gasteiger partial charge in [-0.15, -0.1) is 0 Å². The molecule has 0 bridgehead atoms. The lowest BCUT2D eigenvalue weighted by atomic mass is 9.76. The highest BCUT2D eigenvalue weighted by Gasteiger charge is 2.48. The first-order chi connectivity index (χ1) is 7.44. The fourth-order valence-corrected chi connectivity index (χ4v) is 2.58. The van der Waals surface area contributed by atoms with Crippen LogP contribution in [0.4, 0.5) is 0 Å². The van der Waals surface area contributed by atoms with Crippen molar-refractivity contribution in [2.75, 3.05) is 25.1 Å². The Morgan fingerprint density at radius 2 is 2.12 bits per heavy atom. The van der Waals surface area contributed by atoms with E-state index in [4.69, 9.17) is 0 Å². The Morgan fingerprint density at radius 3 is 2.50 bits per heavy atom. The van der Waals surface area contributed by atoms with E-state index in [1.165, 1.54) is 11.8 Å². The molecule has 1 aliphatic rings. The van der Waals surface area contributed by atoms with Crippen molar-refractivity contribution in [3.63, 3.8) is 0 Å². The molecule has 0 aliphatic carbocycles. The van der Waals surface area contributed by atoms with Gasteiger partial charge in [-0.2, -0.15) is 11.8 Å². The van der Waals surface area contributed by atoms with Crippen molar-refractivity contribution in [3.05, 3.63) is 0 Å². The molecule has 1 aliphatic heterocycles. The molecule has 0 spiro atoms. The van der Waals surface area contributed by atoms with Crippen LogP contribution in [-0.2, 0) is 9.59 Å². The summed E-state index contributed by atoms with van der Waals surface area (Å²) in [6.07, 6.45) is 2.45. The van der Waals surface area contributed by atoms with E-state index >= 15 is 0 Å². The Morgan fingerprint density at radius 1 is 1.50 bits per heavy atom.